The Morgan fingerprint density at radius 1 is 1.16 bits per heavy atom. The fraction of sp³-hybridized carbons (Fsp3) is 0.667. The summed E-state index contributed by atoms with van der Waals surface area (Å²) in [4.78, 5) is 0. The highest BCUT2D eigenvalue weighted by Crippen LogP contribution is 2.33. The first kappa shape index (κ1) is 14.6. The molecule has 1 aliphatic carbocycles. The van der Waals surface area contributed by atoms with Crippen LogP contribution in [0.25, 0.3) is 0 Å². The first-order valence-electron chi connectivity index (χ1n) is 7.93. The van der Waals surface area contributed by atoms with Crippen LogP contribution in [0.1, 0.15) is 56.6 Å². The lowest BCUT2D eigenvalue weighted by atomic mass is 9.77. The van der Waals surface area contributed by atoms with Gasteiger partial charge in [0, 0.05) is 0 Å². The molecule has 1 nitrogen and oxygen atoms in total. The molecule has 1 heteroatoms. The number of aliphatic hydroxyl groups is 1. The summed E-state index contributed by atoms with van der Waals surface area (Å²) in [6.45, 7) is 4.45. The Kier molecular flexibility index (Phi) is 5.45. The summed E-state index contributed by atoms with van der Waals surface area (Å²) in [6.07, 6.45) is 8.25. The molecule has 1 aromatic rings. The molecule has 0 amide bonds. The van der Waals surface area contributed by atoms with Crippen LogP contribution >= 0.6 is 0 Å². The molecule has 0 heterocycles. The van der Waals surface area contributed by atoms with Crippen LogP contribution in [0.3, 0.4) is 0 Å². The monoisotopic (exact) mass is 260 g/mol. The molecule has 1 atom stereocenters. The Bertz CT molecular complexity index is 377. The van der Waals surface area contributed by atoms with E-state index in [-0.39, 0.29) is 6.10 Å². The number of aliphatic hydroxyl groups excluding tert-OH is 1. The summed E-state index contributed by atoms with van der Waals surface area (Å²) in [5, 5.41) is 10.4. The molecular weight excluding hydrogens is 232 g/mol. The fourth-order valence-corrected chi connectivity index (χ4v) is 3.41. The number of aryl methyl sites for hydroxylation is 2. The predicted molar refractivity (Wildman–Crippen MR) is 81.2 cm³/mol. The molecule has 1 unspecified atom stereocenters. The average Bonchev–Trinajstić information content (AvgIpc) is 2.46. The van der Waals surface area contributed by atoms with Crippen molar-refractivity contribution in [3.05, 3.63) is 35.4 Å². The molecule has 106 valence electrons. The standard InChI is InChI=1S/C18H28O/c1-3-15-8-10-17(11-9-15)18(19)13-12-16-7-5-4-6-14(16)2/h4-7,15,17-19H,3,8-13H2,1-2H3. The van der Waals surface area contributed by atoms with E-state index in [1.165, 1.54) is 43.2 Å². The molecular formula is C18H28O. The maximum absolute atomic E-state index is 10.4. The van der Waals surface area contributed by atoms with Gasteiger partial charge >= 0.3 is 0 Å². The van der Waals surface area contributed by atoms with Crippen molar-refractivity contribution in [1.82, 2.24) is 0 Å². The van der Waals surface area contributed by atoms with E-state index in [4.69, 9.17) is 0 Å². The van der Waals surface area contributed by atoms with Crippen molar-refractivity contribution in [2.24, 2.45) is 11.8 Å². The van der Waals surface area contributed by atoms with E-state index in [0.717, 1.165) is 18.8 Å². The zero-order valence-electron chi connectivity index (χ0n) is 12.4. The van der Waals surface area contributed by atoms with Gasteiger partial charge in [-0.3, -0.25) is 0 Å². The van der Waals surface area contributed by atoms with Gasteiger partial charge in [0.25, 0.3) is 0 Å². The molecule has 0 bridgehead atoms. The second-order valence-electron chi connectivity index (χ2n) is 6.22. The highest BCUT2D eigenvalue weighted by molar-refractivity contribution is 5.25. The summed E-state index contributed by atoms with van der Waals surface area (Å²) in [5.41, 5.74) is 2.74. The molecule has 0 spiro atoms. The number of hydrogen-bond acceptors (Lipinski definition) is 1. The van der Waals surface area contributed by atoms with E-state index in [1.807, 2.05) is 0 Å². The Balaban J connectivity index is 1.79. The van der Waals surface area contributed by atoms with Gasteiger partial charge in [-0.25, -0.2) is 0 Å². The van der Waals surface area contributed by atoms with Crippen LogP contribution in [0, 0.1) is 18.8 Å². The van der Waals surface area contributed by atoms with Crippen molar-refractivity contribution in [2.75, 3.05) is 0 Å². The minimum absolute atomic E-state index is 0.0996. The lowest BCUT2D eigenvalue weighted by molar-refractivity contribution is 0.0666. The van der Waals surface area contributed by atoms with Crippen LogP contribution in [0.2, 0.25) is 0 Å². The minimum atomic E-state index is -0.0996. The van der Waals surface area contributed by atoms with Gasteiger partial charge in [0.2, 0.25) is 0 Å². The van der Waals surface area contributed by atoms with Crippen LogP contribution in [0.15, 0.2) is 24.3 Å². The van der Waals surface area contributed by atoms with Gasteiger partial charge in [-0.1, -0.05) is 50.5 Å². The van der Waals surface area contributed by atoms with Crippen LogP contribution in [-0.2, 0) is 6.42 Å². The van der Waals surface area contributed by atoms with Crippen LogP contribution in [-0.4, -0.2) is 11.2 Å². The van der Waals surface area contributed by atoms with Gasteiger partial charge in [-0.2, -0.15) is 0 Å². The fourth-order valence-electron chi connectivity index (χ4n) is 3.41. The molecule has 1 fully saturated rings. The SMILES string of the molecule is CCC1CCC(C(O)CCc2ccccc2C)CC1. The van der Waals surface area contributed by atoms with Gasteiger partial charge in [0.15, 0.2) is 0 Å². The topological polar surface area (TPSA) is 20.2 Å². The van der Waals surface area contributed by atoms with Crippen molar-refractivity contribution >= 4 is 0 Å². The molecule has 1 aliphatic rings. The molecule has 19 heavy (non-hydrogen) atoms. The third kappa shape index (κ3) is 4.07. The number of benzene rings is 1. The number of hydrogen-bond donors (Lipinski definition) is 1. The summed E-state index contributed by atoms with van der Waals surface area (Å²) in [5.74, 6) is 1.46. The Labute approximate surface area is 118 Å². The first-order chi connectivity index (χ1) is 9.20. The van der Waals surface area contributed by atoms with Crippen molar-refractivity contribution < 1.29 is 5.11 Å². The smallest absolute Gasteiger partial charge is 0.0571 e. The van der Waals surface area contributed by atoms with E-state index in [1.54, 1.807) is 0 Å². The summed E-state index contributed by atoms with van der Waals surface area (Å²) < 4.78 is 0. The zero-order chi connectivity index (χ0) is 13.7. The zero-order valence-corrected chi connectivity index (χ0v) is 12.4. The van der Waals surface area contributed by atoms with E-state index in [2.05, 4.69) is 38.1 Å². The van der Waals surface area contributed by atoms with Crippen LogP contribution in [0.5, 0.6) is 0 Å². The van der Waals surface area contributed by atoms with Crippen molar-refractivity contribution in [3.63, 3.8) is 0 Å². The van der Waals surface area contributed by atoms with Gasteiger partial charge in [-0.15, -0.1) is 0 Å². The molecule has 1 saturated carbocycles. The van der Waals surface area contributed by atoms with Crippen LogP contribution in [0.4, 0.5) is 0 Å². The third-order valence-electron chi connectivity index (χ3n) is 4.98. The second kappa shape index (κ2) is 7.09. The molecule has 1 aromatic carbocycles. The van der Waals surface area contributed by atoms with Crippen molar-refractivity contribution in [1.29, 1.82) is 0 Å². The first-order valence-corrected chi connectivity index (χ1v) is 7.93. The van der Waals surface area contributed by atoms with Crippen LogP contribution < -0.4 is 0 Å². The van der Waals surface area contributed by atoms with Crippen molar-refractivity contribution in [2.45, 2.75) is 64.9 Å². The lowest BCUT2D eigenvalue weighted by Gasteiger charge is -2.31. The van der Waals surface area contributed by atoms with E-state index in [9.17, 15) is 5.11 Å². The largest absolute Gasteiger partial charge is 0.393 e. The predicted octanol–water partition coefficient (Wildman–Crippen LogP) is 4.50. The van der Waals surface area contributed by atoms with Gasteiger partial charge in [0.1, 0.15) is 0 Å². The Morgan fingerprint density at radius 3 is 2.47 bits per heavy atom. The Morgan fingerprint density at radius 2 is 1.84 bits per heavy atom. The molecule has 0 saturated heterocycles. The maximum atomic E-state index is 10.4. The summed E-state index contributed by atoms with van der Waals surface area (Å²) in [7, 11) is 0. The van der Waals surface area contributed by atoms with E-state index in [0.29, 0.717) is 5.92 Å². The second-order valence-corrected chi connectivity index (χ2v) is 6.22. The average molecular weight is 260 g/mol. The molecule has 0 radical (unpaired) electrons. The maximum Gasteiger partial charge on any atom is 0.0571 e. The minimum Gasteiger partial charge on any atom is -0.393 e. The lowest BCUT2D eigenvalue weighted by Crippen LogP contribution is -2.26. The molecule has 1 N–H and O–H groups in total. The quantitative estimate of drug-likeness (QED) is 0.826. The highest BCUT2D eigenvalue weighted by atomic mass is 16.3. The van der Waals surface area contributed by atoms with Crippen molar-refractivity contribution in [3.8, 4) is 0 Å². The summed E-state index contributed by atoms with van der Waals surface area (Å²) in [6, 6.07) is 8.53. The summed E-state index contributed by atoms with van der Waals surface area (Å²) >= 11 is 0. The highest BCUT2D eigenvalue weighted by Gasteiger charge is 2.25. The number of rotatable bonds is 5. The Hall–Kier alpha value is -0.820. The van der Waals surface area contributed by atoms with E-state index < -0.39 is 0 Å². The normalized spacial score (nSPS) is 25.2. The van der Waals surface area contributed by atoms with E-state index >= 15 is 0 Å². The third-order valence-corrected chi connectivity index (χ3v) is 4.98. The molecule has 0 aliphatic heterocycles. The van der Waals surface area contributed by atoms with Gasteiger partial charge < -0.3 is 5.11 Å². The van der Waals surface area contributed by atoms with Gasteiger partial charge in [0.05, 0.1) is 6.10 Å². The molecule has 0 aromatic heterocycles. The van der Waals surface area contributed by atoms with Gasteiger partial charge in [-0.05, 0) is 55.6 Å². The molecule has 2 rings (SSSR count).